The average molecular weight is 1200 g/mol. The van der Waals surface area contributed by atoms with Crippen LogP contribution in [0.1, 0.15) is 205 Å². The van der Waals surface area contributed by atoms with Gasteiger partial charge in [-0.1, -0.05) is 67.9 Å². The third kappa shape index (κ3) is 38.0. The largest absolute Gasteiger partial charge is 0.499 e. The van der Waals surface area contributed by atoms with Gasteiger partial charge in [0.05, 0.1) is 104 Å². The second kappa shape index (κ2) is 43.5. The van der Waals surface area contributed by atoms with Gasteiger partial charge < -0.3 is 61.9 Å². The fourth-order valence-electron chi connectivity index (χ4n) is 8.74. The van der Waals surface area contributed by atoms with E-state index in [4.69, 9.17) is 42.6 Å². The maximum absolute atomic E-state index is 10.9. The third-order valence-corrected chi connectivity index (χ3v) is 14.5. The Morgan fingerprint density at radius 1 is 0.452 bits per heavy atom. The van der Waals surface area contributed by atoms with Gasteiger partial charge in [0.2, 0.25) is 0 Å². The lowest BCUT2D eigenvalue weighted by molar-refractivity contribution is -0.169. The summed E-state index contributed by atoms with van der Waals surface area (Å²) in [6, 6.07) is 0. The Morgan fingerprint density at radius 3 is 1.32 bits per heavy atom. The van der Waals surface area contributed by atoms with E-state index in [2.05, 4.69) is 61.3 Å². The maximum atomic E-state index is 10.9. The van der Waals surface area contributed by atoms with Crippen LogP contribution >= 0.6 is 0 Å². The van der Waals surface area contributed by atoms with Gasteiger partial charge in [0, 0.05) is 58.2 Å². The van der Waals surface area contributed by atoms with Gasteiger partial charge in [-0.2, -0.15) is 0 Å². The van der Waals surface area contributed by atoms with E-state index in [-0.39, 0.29) is 78.5 Å². The van der Waals surface area contributed by atoms with Gasteiger partial charge in [0.15, 0.2) is 6.29 Å². The lowest BCUT2D eigenvalue weighted by Crippen LogP contribution is -2.41. The first kappa shape index (κ1) is 76.9. The number of rotatable bonds is 2. The predicted molar refractivity (Wildman–Crippen MR) is 319 cm³/mol. The number of carbonyl (C=O) groups excluding carboxylic acids is 6. The van der Waals surface area contributed by atoms with Crippen LogP contribution in [0, 0.1) is 35.5 Å². The summed E-state index contributed by atoms with van der Waals surface area (Å²) in [5.41, 5.74) is -0.811. The summed E-state index contributed by atoms with van der Waals surface area (Å²) >= 11 is 0. The zero-order valence-corrected chi connectivity index (χ0v) is 53.6. The highest BCUT2D eigenvalue weighted by Crippen LogP contribution is 2.28. The molecule has 12 atom stereocenters. The van der Waals surface area contributed by atoms with Gasteiger partial charge in [-0.3, -0.25) is 28.8 Å². The van der Waals surface area contributed by atoms with Gasteiger partial charge in [-0.25, -0.2) is 0 Å². The van der Waals surface area contributed by atoms with E-state index in [1.54, 1.807) is 14.0 Å². The molecule has 11 fully saturated rings. The molecular formula is C65H110O19. The number of ether oxygens (including phenoxy) is 12. The van der Waals surface area contributed by atoms with E-state index < -0.39 is 5.60 Å². The van der Waals surface area contributed by atoms with Crippen molar-refractivity contribution in [1.82, 2.24) is 0 Å². The number of carbonyl (C=O) groups is 6. The van der Waals surface area contributed by atoms with Crippen molar-refractivity contribution in [3.05, 3.63) is 49.4 Å². The standard InChI is InChI=1S/C8H14O3.2C7H12O.C6H12O2.2C6H10O2.C6H10O.2C5H8O2.C5H8O.C4H6O2/c1-3-8(10)4-6(2)11-7(9)5-8;1-6-3-4-8-7(2)5-6;1-6-3-4-7(2)8-5-6;1-7-6-4-2-3-5-8-6;1-5-3-2-4-8-6(5)7;1-5-3-2-4-6(7)8-5;1-5-3-4-6(2)7-5;1-4-2-5(6)7-3-4;1-4-2-3-7-5(4)6;1-4-3-5(2)6-4;1-3-2-6-4(3)5/h6,10H,3-5H2,1-2H3;3*6H,2-5H2,1H3;2*5H,2-4H2,1H3;6H,1,3-4H2,2H3;2*4H,2-3H2,1H3;5H,1,3H2,2H3;3H,2H2,1H3. The quantitative estimate of drug-likeness (QED) is 0.200. The van der Waals surface area contributed by atoms with Crippen LogP contribution in [0.2, 0.25) is 0 Å². The molecule has 0 aromatic carbocycles. The highest BCUT2D eigenvalue weighted by molar-refractivity contribution is 5.76. The molecule has 11 aliphatic heterocycles. The van der Waals surface area contributed by atoms with E-state index >= 15 is 0 Å². The Morgan fingerprint density at radius 2 is 1.05 bits per heavy atom. The smallest absolute Gasteiger partial charge is 0.312 e. The molecule has 12 unspecified atom stereocenters. The first-order chi connectivity index (χ1) is 39.6. The van der Waals surface area contributed by atoms with E-state index in [1.807, 2.05) is 48.5 Å². The molecule has 0 spiro atoms. The fourth-order valence-corrected chi connectivity index (χ4v) is 8.74. The maximum Gasteiger partial charge on any atom is 0.312 e. The number of hydrogen-bond acceptors (Lipinski definition) is 19. The molecule has 11 saturated heterocycles. The molecule has 0 aliphatic carbocycles. The van der Waals surface area contributed by atoms with Crippen LogP contribution in [-0.4, -0.2) is 131 Å². The predicted octanol–water partition coefficient (Wildman–Crippen LogP) is 12.3. The molecule has 84 heavy (non-hydrogen) atoms. The Balaban J connectivity index is 0.000000464. The van der Waals surface area contributed by atoms with Crippen molar-refractivity contribution >= 4 is 35.8 Å². The van der Waals surface area contributed by atoms with Crippen LogP contribution in [0.25, 0.3) is 0 Å². The summed E-state index contributed by atoms with van der Waals surface area (Å²) in [6.07, 6.45) is 19.8. The van der Waals surface area contributed by atoms with Gasteiger partial charge in [0.25, 0.3) is 0 Å². The molecule has 0 saturated carbocycles. The Bertz CT molecular complexity index is 1910. The molecule has 19 heteroatoms. The summed E-state index contributed by atoms with van der Waals surface area (Å²) < 4.78 is 58.8. The normalized spacial score (nSPS) is 31.3. The molecule has 0 amide bonds. The number of esters is 6. The first-order valence-corrected chi connectivity index (χ1v) is 30.8. The van der Waals surface area contributed by atoms with Crippen molar-refractivity contribution in [3.63, 3.8) is 0 Å². The second-order valence-electron chi connectivity index (χ2n) is 23.7. The van der Waals surface area contributed by atoms with Crippen molar-refractivity contribution in [2.45, 2.75) is 241 Å². The number of methoxy groups -OCH3 is 1. The third-order valence-electron chi connectivity index (χ3n) is 14.5. The van der Waals surface area contributed by atoms with Crippen LogP contribution in [0.3, 0.4) is 0 Å². The number of aliphatic hydroxyl groups is 1. The van der Waals surface area contributed by atoms with Crippen molar-refractivity contribution in [2.75, 3.05) is 53.4 Å². The molecule has 484 valence electrons. The summed E-state index contributed by atoms with van der Waals surface area (Å²) in [4.78, 5) is 62.5. The minimum atomic E-state index is -0.811. The van der Waals surface area contributed by atoms with E-state index in [1.165, 1.54) is 25.7 Å². The minimum absolute atomic E-state index is 0.0312. The molecule has 0 bridgehead atoms. The minimum Gasteiger partial charge on any atom is -0.499 e. The van der Waals surface area contributed by atoms with Gasteiger partial charge in [0.1, 0.15) is 18.8 Å². The molecule has 1 N–H and O–H groups in total. The molecule has 11 rings (SSSR count). The molecule has 19 nitrogen and oxygen atoms in total. The number of allylic oxidation sites excluding steroid dienone is 3. The van der Waals surface area contributed by atoms with Crippen LogP contribution < -0.4 is 0 Å². The topological polar surface area (TPSA) is 233 Å². The Kier molecular flexibility index (Phi) is 39.8. The number of hydrogen-bond donors (Lipinski definition) is 1. The number of cyclic esters (lactones) is 6. The second-order valence-corrected chi connectivity index (χ2v) is 23.7. The fraction of sp³-hybridized carbons (Fsp3) is 0.785. The highest BCUT2D eigenvalue weighted by atomic mass is 16.7. The van der Waals surface area contributed by atoms with Crippen LogP contribution in [0.4, 0.5) is 0 Å². The zero-order chi connectivity index (χ0) is 63.2. The van der Waals surface area contributed by atoms with Gasteiger partial charge in [-0.05, 0) is 124 Å². The Labute approximate surface area is 503 Å². The molecule has 0 aromatic heterocycles. The van der Waals surface area contributed by atoms with Gasteiger partial charge >= 0.3 is 35.8 Å². The molecular weight excluding hydrogens is 1080 g/mol. The highest BCUT2D eigenvalue weighted by Gasteiger charge is 2.36. The van der Waals surface area contributed by atoms with Crippen LogP contribution in [0.15, 0.2) is 49.4 Å². The van der Waals surface area contributed by atoms with Gasteiger partial charge in [-0.15, -0.1) is 0 Å². The summed E-state index contributed by atoms with van der Waals surface area (Å²) in [5.74, 6) is 5.75. The average Bonchev–Trinajstić information content (AvgIpc) is 4.32. The summed E-state index contributed by atoms with van der Waals surface area (Å²) in [6.45, 7) is 41.7. The summed E-state index contributed by atoms with van der Waals surface area (Å²) in [7, 11) is 1.69. The SMILES string of the molecule is C=C1CC(C)CCO1.C=C1CC(C)O1.C=C1CCC(C)CO1.C=C1CCC(C)O1.CC1CCCC(=O)O1.CC1CCCOC1=O.CC1CCOC1=O.CC1COC(=O)C1.CC1COC1=O.CCC1(O)CC(=O)OC(C)C1.COC1CCCCO1. The lowest BCUT2D eigenvalue weighted by atomic mass is 9.88. The Hall–Kier alpha value is -5.14. The van der Waals surface area contributed by atoms with Crippen molar-refractivity contribution in [3.8, 4) is 0 Å². The van der Waals surface area contributed by atoms with Crippen molar-refractivity contribution in [1.29, 1.82) is 0 Å². The van der Waals surface area contributed by atoms with E-state index in [9.17, 15) is 33.9 Å². The first-order valence-electron chi connectivity index (χ1n) is 30.8. The lowest BCUT2D eigenvalue weighted by Gasteiger charge is -2.33. The molecule has 0 radical (unpaired) electrons. The van der Waals surface area contributed by atoms with Crippen molar-refractivity contribution in [2.24, 2.45) is 35.5 Å². The molecule has 0 aromatic rings. The van der Waals surface area contributed by atoms with E-state index in [0.29, 0.717) is 70.2 Å². The molecule has 11 heterocycles. The van der Waals surface area contributed by atoms with Crippen molar-refractivity contribution < 1.29 is 90.7 Å². The zero-order valence-electron chi connectivity index (χ0n) is 53.6. The van der Waals surface area contributed by atoms with E-state index in [0.717, 1.165) is 125 Å². The monoisotopic (exact) mass is 1190 g/mol. The summed E-state index contributed by atoms with van der Waals surface area (Å²) in [5, 5.41) is 9.72. The van der Waals surface area contributed by atoms with Crippen LogP contribution in [0.5, 0.6) is 0 Å². The van der Waals surface area contributed by atoms with Crippen LogP contribution in [-0.2, 0) is 85.6 Å². The molecule has 11 aliphatic rings.